The van der Waals surface area contributed by atoms with E-state index >= 15 is 0 Å². The maximum absolute atomic E-state index is 13.6. The highest BCUT2D eigenvalue weighted by molar-refractivity contribution is 6.31. The molecule has 0 spiro atoms. The number of ketones is 1. The van der Waals surface area contributed by atoms with Crippen LogP contribution in [0, 0.1) is 10.1 Å². The predicted octanol–water partition coefficient (Wildman–Crippen LogP) is 2.86. The van der Waals surface area contributed by atoms with Gasteiger partial charge in [-0.3, -0.25) is 24.6 Å². The number of hydrogen-bond acceptors (Lipinski definition) is 6. The van der Waals surface area contributed by atoms with Crippen LogP contribution in [0.4, 0.5) is 5.69 Å². The van der Waals surface area contributed by atoms with Gasteiger partial charge in [-0.05, 0) is 29.8 Å². The Kier molecular flexibility index (Phi) is 5.39. The Hall–Kier alpha value is -3.26. The first kappa shape index (κ1) is 20.5. The minimum Gasteiger partial charge on any atom is -0.467 e. The molecule has 2 atom stereocenters. The van der Waals surface area contributed by atoms with E-state index in [0.29, 0.717) is 0 Å². The average molecular weight is 417 g/mol. The van der Waals surface area contributed by atoms with Crippen molar-refractivity contribution in [3.63, 3.8) is 0 Å². The van der Waals surface area contributed by atoms with Gasteiger partial charge in [0.05, 0.1) is 18.7 Å². The van der Waals surface area contributed by atoms with Gasteiger partial charge in [-0.1, -0.05) is 35.9 Å². The number of carbonyl (C=O) groups is 3. The first-order valence-corrected chi connectivity index (χ1v) is 9.03. The van der Waals surface area contributed by atoms with Gasteiger partial charge >= 0.3 is 5.97 Å². The van der Waals surface area contributed by atoms with E-state index in [4.69, 9.17) is 16.3 Å². The lowest BCUT2D eigenvalue weighted by Crippen LogP contribution is -2.63. The van der Waals surface area contributed by atoms with E-state index in [1.807, 2.05) is 0 Å². The number of para-hydroxylation sites is 1. The first-order chi connectivity index (χ1) is 13.7. The number of hydrogen-bond donors (Lipinski definition) is 0. The van der Waals surface area contributed by atoms with Gasteiger partial charge in [0.2, 0.25) is 23.8 Å². The molecule has 0 aliphatic carbocycles. The maximum atomic E-state index is 13.6. The molecule has 2 aromatic carbocycles. The summed E-state index contributed by atoms with van der Waals surface area (Å²) < 4.78 is 4.92. The summed E-state index contributed by atoms with van der Waals surface area (Å²) in [6.45, 7) is 0.396. The Labute approximate surface area is 171 Å². The fourth-order valence-electron chi connectivity index (χ4n) is 3.92. The summed E-state index contributed by atoms with van der Waals surface area (Å²) >= 11 is 6.06. The monoisotopic (exact) mass is 416 g/mol. The Balaban J connectivity index is 2.38. The summed E-state index contributed by atoms with van der Waals surface area (Å²) in [6.07, 6.45) is 0. The quantitative estimate of drug-likeness (QED) is 0.321. The molecule has 0 fully saturated rings. The lowest BCUT2D eigenvalue weighted by atomic mass is 9.75. The zero-order chi connectivity index (χ0) is 21.3. The van der Waals surface area contributed by atoms with E-state index < -0.39 is 40.6 Å². The Morgan fingerprint density at radius 2 is 1.93 bits per heavy atom. The van der Waals surface area contributed by atoms with Crippen molar-refractivity contribution in [2.24, 2.45) is 0 Å². The fourth-order valence-corrected chi connectivity index (χ4v) is 4.12. The molecule has 0 unspecified atom stereocenters. The molecule has 2 aromatic rings. The molecule has 1 aliphatic heterocycles. The zero-order valence-corrected chi connectivity index (χ0v) is 16.4. The maximum Gasteiger partial charge on any atom is 0.341 e. The van der Waals surface area contributed by atoms with Gasteiger partial charge in [0.1, 0.15) is 0 Å². The molecule has 29 heavy (non-hydrogen) atoms. The molecule has 1 amide bonds. The van der Waals surface area contributed by atoms with Crippen molar-refractivity contribution in [3.8, 4) is 0 Å². The van der Waals surface area contributed by atoms with Crippen molar-refractivity contribution < 1.29 is 24.0 Å². The van der Waals surface area contributed by atoms with Crippen molar-refractivity contribution in [2.45, 2.75) is 18.4 Å². The molecule has 1 aliphatic rings. The number of nitro groups is 1. The second kappa shape index (κ2) is 7.63. The van der Waals surface area contributed by atoms with Crippen molar-refractivity contribution in [2.75, 3.05) is 18.6 Å². The number of nitrogens with zero attached hydrogens (tertiary/aromatic N) is 2. The summed E-state index contributed by atoms with van der Waals surface area (Å²) in [7, 11) is 1.07. The molecule has 3 rings (SSSR count). The number of Topliss-reactive ketones (excluding diaryl/α,β-unsaturated/α-hetero) is 1. The highest BCUT2D eigenvalue weighted by Gasteiger charge is 2.65. The smallest absolute Gasteiger partial charge is 0.341 e. The Bertz CT molecular complexity index is 1020. The average Bonchev–Trinajstić information content (AvgIpc) is 2.95. The van der Waals surface area contributed by atoms with Crippen LogP contribution in [-0.4, -0.2) is 41.8 Å². The van der Waals surface area contributed by atoms with Crippen LogP contribution in [0.3, 0.4) is 0 Å². The standard InChI is InChI=1S/C20H17ClN2O6/c1-12(24)23-17-9-4-3-8-15(17)18(25)20(23,19(26)29-2)16(11-22(27)28)13-6-5-7-14(21)10-13/h3-10,16H,11H2,1-2H3/t16-,20+/m1/s1. The lowest BCUT2D eigenvalue weighted by molar-refractivity contribution is -0.484. The topological polar surface area (TPSA) is 107 Å². The molecule has 0 radical (unpaired) electrons. The number of carbonyl (C=O) groups excluding carboxylic acids is 3. The van der Waals surface area contributed by atoms with Crippen LogP contribution in [0.2, 0.25) is 5.02 Å². The van der Waals surface area contributed by atoms with Crippen LogP contribution in [0.1, 0.15) is 28.8 Å². The number of benzene rings is 2. The largest absolute Gasteiger partial charge is 0.467 e. The van der Waals surface area contributed by atoms with Gasteiger partial charge < -0.3 is 4.74 Å². The summed E-state index contributed by atoms with van der Waals surface area (Å²) in [5.74, 6) is -3.74. The molecule has 8 nitrogen and oxygen atoms in total. The molecule has 150 valence electrons. The van der Waals surface area contributed by atoms with Crippen molar-refractivity contribution in [3.05, 3.63) is 74.8 Å². The molecule has 0 bridgehead atoms. The van der Waals surface area contributed by atoms with Crippen LogP contribution in [-0.2, 0) is 14.3 Å². The lowest BCUT2D eigenvalue weighted by Gasteiger charge is -2.38. The number of halogens is 1. The molecule has 0 saturated carbocycles. The molecular formula is C20H17ClN2O6. The Morgan fingerprint density at radius 3 is 2.52 bits per heavy atom. The summed E-state index contributed by atoms with van der Waals surface area (Å²) in [5, 5.41) is 11.8. The van der Waals surface area contributed by atoms with Gasteiger partial charge in [0, 0.05) is 22.4 Å². The molecular weight excluding hydrogens is 400 g/mol. The summed E-state index contributed by atoms with van der Waals surface area (Å²) in [6, 6.07) is 12.3. The normalized spacial score (nSPS) is 18.9. The second-order valence-corrected chi connectivity index (χ2v) is 7.02. The van der Waals surface area contributed by atoms with E-state index in [2.05, 4.69) is 0 Å². The first-order valence-electron chi connectivity index (χ1n) is 8.65. The minimum absolute atomic E-state index is 0.114. The van der Waals surface area contributed by atoms with Crippen LogP contribution in [0.25, 0.3) is 0 Å². The van der Waals surface area contributed by atoms with Crippen molar-refractivity contribution in [1.29, 1.82) is 0 Å². The third-order valence-electron chi connectivity index (χ3n) is 4.99. The second-order valence-electron chi connectivity index (χ2n) is 6.58. The zero-order valence-electron chi connectivity index (χ0n) is 15.6. The third-order valence-corrected chi connectivity index (χ3v) is 5.22. The van der Waals surface area contributed by atoms with Crippen LogP contribution in [0.15, 0.2) is 48.5 Å². The summed E-state index contributed by atoms with van der Waals surface area (Å²) in [5.41, 5.74) is -1.68. The van der Waals surface area contributed by atoms with Crippen molar-refractivity contribution in [1.82, 2.24) is 0 Å². The van der Waals surface area contributed by atoms with E-state index in [9.17, 15) is 24.5 Å². The number of amides is 1. The summed E-state index contributed by atoms with van der Waals surface area (Å²) in [4.78, 5) is 51.2. The molecule has 0 saturated heterocycles. The van der Waals surface area contributed by atoms with Crippen molar-refractivity contribution >= 4 is 34.9 Å². The highest BCUT2D eigenvalue weighted by atomic mass is 35.5. The number of ether oxygens (including phenoxy) is 1. The van der Waals surface area contributed by atoms with E-state index in [0.717, 1.165) is 12.0 Å². The van der Waals surface area contributed by atoms with Gasteiger partial charge in [0.25, 0.3) is 0 Å². The van der Waals surface area contributed by atoms with Crippen LogP contribution < -0.4 is 4.90 Å². The predicted molar refractivity (Wildman–Crippen MR) is 105 cm³/mol. The SMILES string of the molecule is COC(=O)[C@]1([C@H](C[N+](=O)[O-])c2cccc(Cl)c2)C(=O)c2ccccc2N1C(C)=O. The molecule has 0 N–H and O–H groups in total. The number of rotatable bonds is 5. The number of anilines is 1. The fraction of sp³-hybridized carbons (Fsp3) is 0.250. The van der Waals surface area contributed by atoms with Gasteiger partial charge in [-0.15, -0.1) is 0 Å². The van der Waals surface area contributed by atoms with Crippen LogP contribution >= 0.6 is 11.6 Å². The molecule has 9 heteroatoms. The number of methoxy groups -OCH3 is 1. The van der Waals surface area contributed by atoms with E-state index in [1.165, 1.54) is 31.2 Å². The Morgan fingerprint density at radius 1 is 1.24 bits per heavy atom. The van der Waals surface area contributed by atoms with Crippen LogP contribution in [0.5, 0.6) is 0 Å². The van der Waals surface area contributed by atoms with Gasteiger partial charge in [-0.2, -0.15) is 0 Å². The van der Waals surface area contributed by atoms with E-state index in [-0.39, 0.29) is 21.8 Å². The molecule has 1 heterocycles. The molecule has 0 aromatic heterocycles. The minimum atomic E-state index is -2.26. The van der Waals surface area contributed by atoms with Gasteiger partial charge in [0.15, 0.2) is 0 Å². The number of esters is 1. The number of fused-ring (bicyclic) bond motifs is 1. The van der Waals surface area contributed by atoms with E-state index in [1.54, 1.807) is 24.3 Å². The highest BCUT2D eigenvalue weighted by Crippen LogP contribution is 2.47. The van der Waals surface area contributed by atoms with Gasteiger partial charge in [-0.25, -0.2) is 4.79 Å². The third kappa shape index (κ3) is 3.15.